The van der Waals surface area contributed by atoms with Crippen LogP contribution in [-0.4, -0.2) is 37.3 Å². The largest absolute Gasteiger partial charge is 0.396 e. The highest BCUT2D eigenvalue weighted by molar-refractivity contribution is 5.78. The van der Waals surface area contributed by atoms with Gasteiger partial charge in [0.1, 0.15) is 0 Å². The number of nitrogens with one attached hydrogen (secondary N) is 2. The second kappa shape index (κ2) is 5.36. The average Bonchev–Trinajstić information content (AvgIpc) is 2.73. The number of amides is 1. The van der Waals surface area contributed by atoms with Crippen molar-refractivity contribution in [2.75, 3.05) is 26.2 Å². The van der Waals surface area contributed by atoms with Gasteiger partial charge in [0.25, 0.3) is 0 Å². The highest BCUT2D eigenvalue weighted by atomic mass is 16.3. The predicted molar refractivity (Wildman–Crippen MR) is 66.5 cm³/mol. The van der Waals surface area contributed by atoms with E-state index in [1.165, 1.54) is 12.8 Å². The van der Waals surface area contributed by atoms with Crippen LogP contribution < -0.4 is 10.6 Å². The van der Waals surface area contributed by atoms with Crippen LogP contribution in [0.1, 0.15) is 32.6 Å². The summed E-state index contributed by atoms with van der Waals surface area (Å²) in [6, 6.07) is 0. The predicted octanol–water partition coefficient (Wildman–Crippen LogP) is 0.511. The molecule has 1 aliphatic heterocycles. The van der Waals surface area contributed by atoms with Gasteiger partial charge in [0.15, 0.2) is 0 Å². The first-order valence-corrected chi connectivity index (χ1v) is 6.76. The van der Waals surface area contributed by atoms with E-state index in [9.17, 15) is 9.90 Å². The zero-order valence-corrected chi connectivity index (χ0v) is 10.7. The summed E-state index contributed by atoms with van der Waals surface area (Å²) in [7, 11) is 0. The molecule has 0 spiro atoms. The molecule has 0 bridgehead atoms. The summed E-state index contributed by atoms with van der Waals surface area (Å²) in [6.45, 7) is 4.76. The van der Waals surface area contributed by atoms with Crippen LogP contribution in [0.25, 0.3) is 0 Å². The van der Waals surface area contributed by atoms with Gasteiger partial charge in [-0.25, -0.2) is 0 Å². The zero-order chi connectivity index (χ0) is 12.3. The fourth-order valence-corrected chi connectivity index (χ4v) is 2.83. The average molecular weight is 240 g/mol. The number of hydrogen-bond acceptors (Lipinski definition) is 3. The van der Waals surface area contributed by atoms with Gasteiger partial charge < -0.3 is 15.7 Å². The molecule has 4 heteroatoms. The molecule has 1 saturated heterocycles. The number of aliphatic hydroxyl groups excluding tert-OH is 1. The van der Waals surface area contributed by atoms with Crippen LogP contribution in [0.15, 0.2) is 0 Å². The van der Waals surface area contributed by atoms with Crippen LogP contribution in [0.2, 0.25) is 0 Å². The molecule has 2 aliphatic rings. The molecular weight excluding hydrogens is 216 g/mol. The Morgan fingerprint density at radius 3 is 2.59 bits per heavy atom. The maximum Gasteiger partial charge on any atom is 0.223 e. The lowest BCUT2D eigenvalue weighted by molar-refractivity contribution is -0.127. The van der Waals surface area contributed by atoms with E-state index < -0.39 is 0 Å². The molecule has 4 nitrogen and oxygen atoms in total. The standard InChI is InChI=1S/C13H24N2O2/c1-10(11-6-14-7-11)12(17)15-8-13(9-16)4-2-3-5-13/h10-11,14,16H,2-9H2,1H3,(H,15,17). The molecule has 3 N–H and O–H groups in total. The van der Waals surface area contributed by atoms with Gasteiger partial charge in [-0.05, 0) is 31.8 Å². The minimum absolute atomic E-state index is 0.0345. The van der Waals surface area contributed by atoms with Crippen LogP contribution in [-0.2, 0) is 4.79 Å². The Kier molecular flexibility index (Phi) is 4.05. The van der Waals surface area contributed by atoms with Crippen molar-refractivity contribution >= 4 is 5.91 Å². The quantitative estimate of drug-likeness (QED) is 0.656. The first-order chi connectivity index (χ1) is 8.17. The van der Waals surface area contributed by atoms with Gasteiger partial charge in [-0.3, -0.25) is 4.79 Å². The number of rotatable bonds is 5. The van der Waals surface area contributed by atoms with Gasteiger partial charge in [-0.2, -0.15) is 0 Å². The van der Waals surface area contributed by atoms with E-state index in [0.29, 0.717) is 12.5 Å². The monoisotopic (exact) mass is 240 g/mol. The Morgan fingerprint density at radius 2 is 2.12 bits per heavy atom. The molecule has 98 valence electrons. The zero-order valence-electron chi connectivity index (χ0n) is 10.7. The normalized spacial score (nSPS) is 25.3. The van der Waals surface area contributed by atoms with E-state index in [-0.39, 0.29) is 23.8 Å². The van der Waals surface area contributed by atoms with Crippen molar-refractivity contribution in [1.82, 2.24) is 10.6 Å². The summed E-state index contributed by atoms with van der Waals surface area (Å²) < 4.78 is 0. The molecule has 0 aromatic rings. The first kappa shape index (κ1) is 12.8. The van der Waals surface area contributed by atoms with Crippen molar-refractivity contribution in [2.45, 2.75) is 32.6 Å². The van der Waals surface area contributed by atoms with Crippen molar-refractivity contribution in [3.05, 3.63) is 0 Å². The minimum atomic E-state index is -0.0345. The van der Waals surface area contributed by atoms with Gasteiger partial charge in [0, 0.05) is 17.9 Å². The number of carbonyl (C=O) groups excluding carboxylic acids is 1. The summed E-state index contributed by atoms with van der Waals surface area (Å²) in [5, 5.41) is 15.7. The SMILES string of the molecule is CC(C(=O)NCC1(CO)CCCC1)C1CNC1. The van der Waals surface area contributed by atoms with Gasteiger partial charge in [-0.15, -0.1) is 0 Å². The van der Waals surface area contributed by atoms with Crippen molar-refractivity contribution in [2.24, 2.45) is 17.3 Å². The second-order valence-corrected chi connectivity index (χ2v) is 5.79. The van der Waals surface area contributed by atoms with Gasteiger partial charge >= 0.3 is 0 Å². The molecule has 1 heterocycles. The molecule has 2 rings (SSSR count). The Hall–Kier alpha value is -0.610. The van der Waals surface area contributed by atoms with Gasteiger partial charge in [0.2, 0.25) is 5.91 Å². The van der Waals surface area contributed by atoms with Crippen LogP contribution in [0, 0.1) is 17.3 Å². The summed E-state index contributed by atoms with van der Waals surface area (Å²) in [5.41, 5.74) is -0.0345. The summed E-state index contributed by atoms with van der Waals surface area (Å²) in [5.74, 6) is 0.730. The molecule has 0 aromatic carbocycles. The Morgan fingerprint density at radius 1 is 1.47 bits per heavy atom. The molecule has 1 saturated carbocycles. The van der Waals surface area contributed by atoms with E-state index in [1.54, 1.807) is 0 Å². The van der Waals surface area contributed by atoms with Crippen molar-refractivity contribution in [1.29, 1.82) is 0 Å². The van der Waals surface area contributed by atoms with Gasteiger partial charge in [-0.1, -0.05) is 19.8 Å². The van der Waals surface area contributed by atoms with Gasteiger partial charge in [0.05, 0.1) is 6.61 Å². The summed E-state index contributed by atoms with van der Waals surface area (Å²) in [4.78, 5) is 12.0. The Balaban J connectivity index is 1.78. The third kappa shape index (κ3) is 2.80. The molecule has 17 heavy (non-hydrogen) atoms. The van der Waals surface area contributed by atoms with E-state index in [0.717, 1.165) is 25.9 Å². The molecular formula is C13H24N2O2. The molecule has 1 atom stereocenters. The summed E-state index contributed by atoms with van der Waals surface area (Å²) in [6.07, 6.45) is 4.45. The third-order valence-electron chi connectivity index (χ3n) is 4.57. The molecule has 0 radical (unpaired) electrons. The molecule has 1 amide bonds. The number of aliphatic hydroxyl groups is 1. The number of hydrogen-bond donors (Lipinski definition) is 3. The van der Waals surface area contributed by atoms with Crippen molar-refractivity contribution in [3.8, 4) is 0 Å². The fourth-order valence-electron chi connectivity index (χ4n) is 2.83. The van der Waals surface area contributed by atoms with E-state index in [1.807, 2.05) is 6.92 Å². The maximum absolute atomic E-state index is 12.0. The van der Waals surface area contributed by atoms with E-state index in [4.69, 9.17) is 0 Å². The highest BCUT2D eigenvalue weighted by Crippen LogP contribution is 2.37. The molecule has 1 aliphatic carbocycles. The lowest BCUT2D eigenvalue weighted by Gasteiger charge is -2.33. The lowest BCUT2D eigenvalue weighted by Crippen LogP contribution is -2.50. The van der Waals surface area contributed by atoms with Crippen molar-refractivity contribution < 1.29 is 9.90 Å². The smallest absolute Gasteiger partial charge is 0.223 e. The van der Waals surface area contributed by atoms with Crippen LogP contribution in [0.5, 0.6) is 0 Å². The minimum Gasteiger partial charge on any atom is -0.396 e. The van der Waals surface area contributed by atoms with Crippen LogP contribution in [0.4, 0.5) is 0 Å². The second-order valence-electron chi connectivity index (χ2n) is 5.79. The summed E-state index contributed by atoms with van der Waals surface area (Å²) >= 11 is 0. The Labute approximate surface area is 103 Å². The highest BCUT2D eigenvalue weighted by Gasteiger charge is 2.35. The van der Waals surface area contributed by atoms with E-state index in [2.05, 4.69) is 10.6 Å². The maximum atomic E-state index is 12.0. The molecule has 2 fully saturated rings. The van der Waals surface area contributed by atoms with Crippen LogP contribution >= 0.6 is 0 Å². The molecule has 1 unspecified atom stereocenters. The first-order valence-electron chi connectivity index (χ1n) is 6.76. The van der Waals surface area contributed by atoms with Crippen LogP contribution in [0.3, 0.4) is 0 Å². The molecule has 0 aromatic heterocycles. The van der Waals surface area contributed by atoms with E-state index >= 15 is 0 Å². The lowest BCUT2D eigenvalue weighted by atomic mass is 9.85. The Bertz CT molecular complexity index is 271. The number of carbonyl (C=O) groups is 1. The fraction of sp³-hybridized carbons (Fsp3) is 0.923. The van der Waals surface area contributed by atoms with Crippen molar-refractivity contribution in [3.63, 3.8) is 0 Å². The third-order valence-corrected chi connectivity index (χ3v) is 4.57. The topological polar surface area (TPSA) is 61.4 Å².